The lowest BCUT2D eigenvalue weighted by Crippen LogP contribution is -2.29. The van der Waals surface area contributed by atoms with Crippen molar-refractivity contribution in [1.29, 1.82) is 0 Å². The highest BCUT2D eigenvalue weighted by Gasteiger charge is 2.21. The first kappa shape index (κ1) is 14.7. The van der Waals surface area contributed by atoms with Gasteiger partial charge in [-0.3, -0.25) is 9.78 Å². The molecule has 4 nitrogen and oxygen atoms in total. The lowest BCUT2D eigenvalue weighted by Gasteiger charge is -2.26. The molecule has 1 aromatic carbocycles. The van der Waals surface area contributed by atoms with E-state index in [0.717, 1.165) is 47.5 Å². The molecular formula is C18H21N3O. The molecule has 0 radical (unpaired) electrons. The maximum absolute atomic E-state index is 12.7. The molecule has 0 unspecified atom stereocenters. The highest BCUT2D eigenvalue weighted by Crippen LogP contribution is 2.24. The van der Waals surface area contributed by atoms with Crippen molar-refractivity contribution >= 4 is 11.6 Å². The zero-order valence-corrected chi connectivity index (χ0v) is 13.3. The Labute approximate surface area is 131 Å². The van der Waals surface area contributed by atoms with Crippen LogP contribution in [0.25, 0.3) is 0 Å². The number of hydrogen-bond donors (Lipinski definition) is 1. The Morgan fingerprint density at radius 3 is 2.68 bits per heavy atom. The lowest BCUT2D eigenvalue weighted by atomic mass is 9.97. The molecule has 2 aromatic rings. The summed E-state index contributed by atoms with van der Waals surface area (Å²) in [7, 11) is 2.09. The normalized spacial score (nSPS) is 14.5. The van der Waals surface area contributed by atoms with E-state index in [9.17, 15) is 4.79 Å². The smallest absolute Gasteiger partial charge is 0.257 e. The van der Waals surface area contributed by atoms with E-state index < -0.39 is 0 Å². The first-order valence-electron chi connectivity index (χ1n) is 7.58. The number of nitrogens with zero attached hydrogens (tertiary/aromatic N) is 2. The molecule has 0 saturated carbocycles. The van der Waals surface area contributed by atoms with Gasteiger partial charge < -0.3 is 10.2 Å². The van der Waals surface area contributed by atoms with Gasteiger partial charge in [-0.2, -0.15) is 0 Å². The van der Waals surface area contributed by atoms with Crippen LogP contribution < -0.4 is 5.32 Å². The Kier molecular flexibility index (Phi) is 3.94. The highest BCUT2D eigenvalue weighted by molar-refractivity contribution is 6.06. The van der Waals surface area contributed by atoms with Crippen molar-refractivity contribution in [3.63, 3.8) is 0 Å². The number of pyridine rings is 1. The average molecular weight is 295 g/mol. The minimum Gasteiger partial charge on any atom is -0.321 e. The van der Waals surface area contributed by atoms with Gasteiger partial charge in [0.2, 0.25) is 0 Å². The van der Waals surface area contributed by atoms with E-state index in [1.165, 1.54) is 0 Å². The Morgan fingerprint density at radius 1 is 1.23 bits per heavy atom. The van der Waals surface area contributed by atoms with E-state index in [0.29, 0.717) is 5.56 Å². The van der Waals surface area contributed by atoms with Gasteiger partial charge in [0, 0.05) is 31.2 Å². The van der Waals surface area contributed by atoms with Gasteiger partial charge in [-0.1, -0.05) is 18.2 Å². The number of benzene rings is 1. The van der Waals surface area contributed by atoms with E-state index in [1.807, 2.05) is 38.2 Å². The van der Waals surface area contributed by atoms with Crippen LogP contribution in [0.2, 0.25) is 0 Å². The fraction of sp³-hybridized carbons (Fsp3) is 0.333. The molecule has 22 heavy (non-hydrogen) atoms. The minimum atomic E-state index is -0.0636. The molecular weight excluding hydrogens is 274 g/mol. The number of anilines is 1. The molecule has 1 aliphatic rings. The fourth-order valence-electron chi connectivity index (χ4n) is 3.02. The summed E-state index contributed by atoms with van der Waals surface area (Å²) in [5.41, 5.74) is 6.04. The average Bonchev–Trinajstić information content (AvgIpc) is 2.50. The van der Waals surface area contributed by atoms with Crippen molar-refractivity contribution in [3.05, 3.63) is 58.4 Å². The van der Waals surface area contributed by atoms with Crippen LogP contribution in [0.5, 0.6) is 0 Å². The molecule has 1 N–H and O–H groups in total. The number of likely N-dealkylation sites (N-methyl/N-ethyl adjacent to an activating group) is 1. The van der Waals surface area contributed by atoms with Crippen LogP contribution in [0.1, 0.15) is 32.6 Å². The first-order valence-corrected chi connectivity index (χ1v) is 7.58. The summed E-state index contributed by atoms with van der Waals surface area (Å²) in [5.74, 6) is -0.0636. The van der Waals surface area contributed by atoms with Crippen LogP contribution in [0, 0.1) is 13.8 Å². The third kappa shape index (κ3) is 2.74. The molecule has 4 heteroatoms. The Balaban J connectivity index is 1.92. The summed E-state index contributed by atoms with van der Waals surface area (Å²) in [6, 6.07) is 6.02. The predicted octanol–water partition coefficient (Wildman–Crippen LogP) is 2.94. The number of amides is 1. The van der Waals surface area contributed by atoms with Crippen molar-refractivity contribution in [1.82, 2.24) is 9.88 Å². The Morgan fingerprint density at radius 2 is 1.95 bits per heavy atom. The van der Waals surface area contributed by atoms with Gasteiger partial charge in [-0.05, 0) is 49.6 Å². The molecule has 0 fully saturated rings. The second-order valence-electron chi connectivity index (χ2n) is 6.03. The van der Waals surface area contributed by atoms with Crippen LogP contribution >= 0.6 is 0 Å². The highest BCUT2D eigenvalue weighted by atomic mass is 16.1. The number of fused-ring (bicyclic) bond motifs is 1. The summed E-state index contributed by atoms with van der Waals surface area (Å²) >= 11 is 0. The number of para-hydroxylation sites is 1. The van der Waals surface area contributed by atoms with Crippen molar-refractivity contribution in [3.8, 4) is 0 Å². The molecule has 1 amide bonds. The molecule has 0 atom stereocenters. The number of rotatable bonds is 2. The summed E-state index contributed by atoms with van der Waals surface area (Å²) in [6.45, 7) is 5.85. The molecule has 2 heterocycles. The van der Waals surface area contributed by atoms with Crippen molar-refractivity contribution < 1.29 is 4.79 Å². The minimum absolute atomic E-state index is 0.0636. The van der Waals surface area contributed by atoms with Crippen LogP contribution in [-0.4, -0.2) is 29.4 Å². The van der Waals surface area contributed by atoms with E-state index >= 15 is 0 Å². The van der Waals surface area contributed by atoms with Gasteiger partial charge in [0.05, 0.1) is 5.56 Å². The van der Waals surface area contributed by atoms with Gasteiger partial charge in [0.1, 0.15) is 0 Å². The van der Waals surface area contributed by atoms with Crippen LogP contribution in [0.3, 0.4) is 0 Å². The second kappa shape index (κ2) is 5.89. The maximum atomic E-state index is 12.7. The lowest BCUT2D eigenvalue weighted by molar-refractivity contribution is 0.102. The summed E-state index contributed by atoms with van der Waals surface area (Å²) in [4.78, 5) is 19.2. The first-order chi connectivity index (χ1) is 10.6. The van der Waals surface area contributed by atoms with Crippen molar-refractivity contribution in [2.24, 2.45) is 0 Å². The molecule has 3 rings (SSSR count). The molecule has 0 saturated heterocycles. The van der Waals surface area contributed by atoms with Crippen LogP contribution in [0.15, 0.2) is 30.6 Å². The molecule has 114 valence electrons. The number of carbonyl (C=O) groups is 1. The van der Waals surface area contributed by atoms with Crippen molar-refractivity contribution in [2.45, 2.75) is 26.8 Å². The molecule has 0 aliphatic carbocycles. The molecule has 1 aromatic heterocycles. The largest absolute Gasteiger partial charge is 0.321 e. The molecule has 1 aliphatic heterocycles. The zero-order valence-electron chi connectivity index (χ0n) is 13.3. The molecule has 0 bridgehead atoms. The van der Waals surface area contributed by atoms with Gasteiger partial charge in [-0.25, -0.2) is 0 Å². The SMILES string of the molecule is Cc1cccc(C)c1NC(=O)c1cncc2c1CCN(C)C2. The van der Waals surface area contributed by atoms with Crippen LogP contribution in [-0.2, 0) is 13.0 Å². The number of hydrogen-bond acceptors (Lipinski definition) is 3. The third-order valence-electron chi connectivity index (χ3n) is 4.29. The summed E-state index contributed by atoms with van der Waals surface area (Å²) in [5, 5.41) is 3.06. The van der Waals surface area contributed by atoms with Gasteiger partial charge in [0.15, 0.2) is 0 Å². The predicted molar refractivity (Wildman–Crippen MR) is 88.1 cm³/mol. The fourth-order valence-corrected chi connectivity index (χ4v) is 3.02. The second-order valence-corrected chi connectivity index (χ2v) is 6.03. The quantitative estimate of drug-likeness (QED) is 0.926. The number of aryl methyl sites for hydroxylation is 2. The van der Waals surface area contributed by atoms with E-state index in [4.69, 9.17) is 0 Å². The number of aromatic nitrogens is 1. The van der Waals surface area contributed by atoms with E-state index in [1.54, 1.807) is 6.20 Å². The Hall–Kier alpha value is -2.20. The van der Waals surface area contributed by atoms with Gasteiger partial charge in [0.25, 0.3) is 5.91 Å². The van der Waals surface area contributed by atoms with E-state index in [2.05, 4.69) is 22.2 Å². The summed E-state index contributed by atoms with van der Waals surface area (Å²) in [6.07, 6.45) is 4.46. The summed E-state index contributed by atoms with van der Waals surface area (Å²) < 4.78 is 0. The topological polar surface area (TPSA) is 45.2 Å². The van der Waals surface area contributed by atoms with Crippen LogP contribution in [0.4, 0.5) is 5.69 Å². The third-order valence-corrected chi connectivity index (χ3v) is 4.29. The van der Waals surface area contributed by atoms with Gasteiger partial charge in [-0.15, -0.1) is 0 Å². The Bertz CT molecular complexity index is 704. The van der Waals surface area contributed by atoms with Gasteiger partial charge >= 0.3 is 0 Å². The zero-order chi connectivity index (χ0) is 15.7. The van der Waals surface area contributed by atoms with E-state index in [-0.39, 0.29) is 5.91 Å². The number of nitrogens with one attached hydrogen (secondary N) is 1. The van der Waals surface area contributed by atoms with Crippen molar-refractivity contribution in [2.75, 3.05) is 18.9 Å². The molecule has 0 spiro atoms. The standard InChI is InChI=1S/C18H21N3O/c1-12-5-4-6-13(2)17(12)20-18(22)16-10-19-9-14-11-21(3)8-7-15(14)16/h4-6,9-10H,7-8,11H2,1-3H3,(H,20,22). The number of carbonyl (C=O) groups excluding carboxylic acids is 1. The monoisotopic (exact) mass is 295 g/mol. The maximum Gasteiger partial charge on any atom is 0.257 e.